The van der Waals surface area contributed by atoms with Gasteiger partial charge in [-0.25, -0.2) is 4.98 Å². The minimum atomic E-state index is 0.206. The van der Waals surface area contributed by atoms with Crippen molar-refractivity contribution >= 4 is 28.4 Å². The standard InChI is InChI=1S/C10H15IN2O/c1-7(5-6-14)12-10-4-3-9(11)8(2)13-10/h3-4,7,14H,5-6H2,1-2H3,(H,12,13)/t7-/m1/s1. The number of hydrogen-bond donors (Lipinski definition) is 2. The Morgan fingerprint density at radius 3 is 2.86 bits per heavy atom. The molecule has 14 heavy (non-hydrogen) atoms. The highest BCUT2D eigenvalue weighted by Crippen LogP contribution is 2.13. The first-order valence-corrected chi connectivity index (χ1v) is 5.72. The molecule has 0 fully saturated rings. The highest BCUT2D eigenvalue weighted by molar-refractivity contribution is 14.1. The fourth-order valence-electron chi connectivity index (χ4n) is 1.14. The molecule has 0 bridgehead atoms. The SMILES string of the molecule is Cc1nc(N[C@H](C)CCO)ccc1I. The molecule has 1 heterocycles. The number of aliphatic hydroxyl groups is 1. The van der Waals surface area contributed by atoms with Gasteiger partial charge in [0.2, 0.25) is 0 Å². The molecule has 1 rings (SSSR count). The molecule has 2 N–H and O–H groups in total. The number of hydrogen-bond acceptors (Lipinski definition) is 3. The van der Waals surface area contributed by atoms with Crippen molar-refractivity contribution in [3.05, 3.63) is 21.4 Å². The third-order valence-electron chi connectivity index (χ3n) is 1.98. The molecule has 0 saturated carbocycles. The van der Waals surface area contributed by atoms with E-state index in [1.165, 1.54) is 3.57 Å². The molecule has 0 spiro atoms. The van der Waals surface area contributed by atoms with Crippen molar-refractivity contribution in [1.29, 1.82) is 0 Å². The van der Waals surface area contributed by atoms with E-state index in [1.807, 2.05) is 26.0 Å². The number of nitrogens with one attached hydrogen (secondary N) is 1. The van der Waals surface area contributed by atoms with Crippen LogP contribution < -0.4 is 5.32 Å². The van der Waals surface area contributed by atoms with Gasteiger partial charge in [-0.1, -0.05) is 0 Å². The Kier molecular flexibility index (Phi) is 4.60. The van der Waals surface area contributed by atoms with Crippen molar-refractivity contribution in [2.24, 2.45) is 0 Å². The van der Waals surface area contributed by atoms with Gasteiger partial charge in [-0.3, -0.25) is 0 Å². The lowest BCUT2D eigenvalue weighted by molar-refractivity contribution is 0.282. The molecule has 1 aromatic heterocycles. The molecular weight excluding hydrogens is 291 g/mol. The average molecular weight is 306 g/mol. The zero-order chi connectivity index (χ0) is 10.6. The van der Waals surface area contributed by atoms with E-state index >= 15 is 0 Å². The highest BCUT2D eigenvalue weighted by atomic mass is 127. The summed E-state index contributed by atoms with van der Waals surface area (Å²) in [6.07, 6.45) is 0.743. The zero-order valence-corrected chi connectivity index (χ0v) is 10.6. The van der Waals surface area contributed by atoms with Crippen molar-refractivity contribution in [2.45, 2.75) is 26.3 Å². The number of aromatic nitrogens is 1. The number of pyridine rings is 1. The van der Waals surface area contributed by atoms with Crippen LogP contribution >= 0.6 is 22.6 Å². The lowest BCUT2D eigenvalue weighted by atomic mass is 10.2. The van der Waals surface area contributed by atoms with Crippen molar-refractivity contribution in [3.8, 4) is 0 Å². The second kappa shape index (κ2) is 5.50. The maximum absolute atomic E-state index is 8.75. The van der Waals surface area contributed by atoms with Crippen molar-refractivity contribution < 1.29 is 5.11 Å². The predicted molar refractivity (Wildman–Crippen MR) is 66.5 cm³/mol. The van der Waals surface area contributed by atoms with Crippen molar-refractivity contribution in [1.82, 2.24) is 4.98 Å². The monoisotopic (exact) mass is 306 g/mol. The zero-order valence-electron chi connectivity index (χ0n) is 8.42. The summed E-state index contributed by atoms with van der Waals surface area (Å²) in [4.78, 5) is 4.39. The maximum atomic E-state index is 8.75. The van der Waals surface area contributed by atoms with Gasteiger partial charge in [-0.05, 0) is 55.0 Å². The van der Waals surface area contributed by atoms with Gasteiger partial charge in [0.15, 0.2) is 0 Å². The molecule has 0 aliphatic carbocycles. The van der Waals surface area contributed by atoms with Crippen LogP contribution in [0.15, 0.2) is 12.1 Å². The Bertz CT molecular complexity index is 304. The number of halogens is 1. The third kappa shape index (κ3) is 3.42. The van der Waals surface area contributed by atoms with E-state index in [4.69, 9.17) is 5.11 Å². The summed E-state index contributed by atoms with van der Waals surface area (Å²) < 4.78 is 1.17. The van der Waals surface area contributed by atoms with E-state index in [0.717, 1.165) is 17.9 Å². The maximum Gasteiger partial charge on any atom is 0.126 e. The molecule has 3 nitrogen and oxygen atoms in total. The van der Waals surface area contributed by atoms with Gasteiger partial charge < -0.3 is 10.4 Å². The Labute approximate surface area is 98.1 Å². The molecule has 0 saturated heterocycles. The largest absolute Gasteiger partial charge is 0.396 e. The smallest absolute Gasteiger partial charge is 0.126 e. The first-order chi connectivity index (χ1) is 6.63. The van der Waals surface area contributed by atoms with Gasteiger partial charge in [0.1, 0.15) is 5.82 Å². The Morgan fingerprint density at radius 2 is 2.29 bits per heavy atom. The number of nitrogens with zero attached hydrogens (tertiary/aromatic N) is 1. The van der Waals surface area contributed by atoms with Crippen LogP contribution in [0.4, 0.5) is 5.82 Å². The topological polar surface area (TPSA) is 45.2 Å². The first-order valence-electron chi connectivity index (χ1n) is 4.64. The van der Waals surface area contributed by atoms with Gasteiger partial charge in [0.05, 0.1) is 5.69 Å². The second-order valence-electron chi connectivity index (χ2n) is 3.32. The molecule has 0 amide bonds. The first kappa shape index (κ1) is 11.7. The van der Waals surface area contributed by atoms with E-state index < -0.39 is 0 Å². The summed E-state index contributed by atoms with van der Waals surface area (Å²) in [6, 6.07) is 4.26. The van der Waals surface area contributed by atoms with Crippen LogP contribution in [-0.4, -0.2) is 22.7 Å². The fraction of sp³-hybridized carbons (Fsp3) is 0.500. The number of aliphatic hydroxyl groups excluding tert-OH is 1. The second-order valence-corrected chi connectivity index (χ2v) is 4.48. The lowest BCUT2D eigenvalue weighted by Crippen LogP contribution is -2.17. The van der Waals surface area contributed by atoms with Crippen LogP contribution in [0.2, 0.25) is 0 Å². The summed E-state index contributed by atoms with van der Waals surface area (Å²) in [7, 11) is 0. The van der Waals surface area contributed by atoms with E-state index in [9.17, 15) is 0 Å². The molecule has 0 radical (unpaired) electrons. The quantitative estimate of drug-likeness (QED) is 0.838. The molecule has 78 valence electrons. The molecule has 0 unspecified atom stereocenters. The number of rotatable bonds is 4. The summed E-state index contributed by atoms with van der Waals surface area (Å²) >= 11 is 2.26. The molecule has 4 heteroatoms. The van der Waals surface area contributed by atoms with E-state index in [1.54, 1.807) is 0 Å². The fourth-order valence-corrected chi connectivity index (χ4v) is 1.44. The molecular formula is C10H15IN2O. The molecule has 1 atom stereocenters. The Morgan fingerprint density at radius 1 is 1.57 bits per heavy atom. The van der Waals surface area contributed by atoms with Crippen LogP contribution in [0.25, 0.3) is 0 Å². The van der Waals surface area contributed by atoms with Crippen molar-refractivity contribution in [3.63, 3.8) is 0 Å². The van der Waals surface area contributed by atoms with E-state index in [2.05, 4.69) is 32.9 Å². The Hall–Kier alpha value is -0.360. The van der Waals surface area contributed by atoms with E-state index in [0.29, 0.717) is 0 Å². The highest BCUT2D eigenvalue weighted by Gasteiger charge is 2.03. The normalized spacial score (nSPS) is 12.6. The molecule has 0 aliphatic rings. The van der Waals surface area contributed by atoms with Crippen molar-refractivity contribution in [2.75, 3.05) is 11.9 Å². The van der Waals surface area contributed by atoms with Crippen LogP contribution in [0.1, 0.15) is 19.0 Å². The molecule has 1 aromatic rings. The summed E-state index contributed by atoms with van der Waals surface area (Å²) in [6.45, 7) is 4.23. The van der Waals surface area contributed by atoms with Gasteiger partial charge in [0, 0.05) is 16.2 Å². The van der Waals surface area contributed by atoms with Gasteiger partial charge in [0.25, 0.3) is 0 Å². The summed E-state index contributed by atoms with van der Waals surface area (Å²) in [5.74, 6) is 0.879. The van der Waals surface area contributed by atoms with Gasteiger partial charge in [-0.2, -0.15) is 0 Å². The van der Waals surface area contributed by atoms with Gasteiger partial charge >= 0.3 is 0 Å². The average Bonchev–Trinajstić information content (AvgIpc) is 2.12. The lowest BCUT2D eigenvalue weighted by Gasteiger charge is -2.13. The minimum absolute atomic E-state index is 0.206. The Balaban J connectivity index is 2.63. The van der Waals surface area contributed by atoms with Crippen LogP contribution in [-0.2, 0) is 0 Å². The van der Waals surface area contributed by atoms with E-state index in [-0.39, 0.29) is 12.6 Å². The predicted octanol–water partition coefficient (Wildman–Crippen LogP) is 2.18. The molecule has 0 aromatic carbocycles. The number of aryl methyl sites for hydroxylation is 1. The summed E-state index contributed by atoms with van der Waals surface area (Å²) in [5, 5.41) is 12.0. The van der Waals surface area contributed by atoms with Crippen LogP contribution in [0, 0.1) is 10.5 Å². The number of anilines is 1. The van der Waals surface area contributed by atoms with Crippen LogP contribution in [0.5, 0.6) is 0 Å². The minimum Gasteiger partial charge on any atom is -0.396 e. The van der Waals surface area contributed by atoms with Crippen LogP contribution in [0.3, 0.4) is 0 Å². The summed E-state index contributed by atoms with van der Waals surface area (Å²) in [5.41, 5.74) is 1.03. The van der Waals surface area contributed by atoms with Gasteiger partial charge in [-0.15, -0.1) is 0 Å². The molecule has 0 aliphatic heterocycles. The third-order valence-corrected chi connectivity index (χ3v) is 3.12.